The lowest BCUT2D eigenvalue weighted by Gasteiger charge is -2.18. The monoisotopic (exact) mass is 222 g/mol. The van der Waals surface area contributed by atoms with Crippen molar-refractivity contribution in [1.82, 2.24) is 10.3 Å². The highest BCUT2D eigenvalue weighted by atomic mass is 32.2. The number of nitrogens with one attached hydrogen (secondary N) is 1. The number of thioether (sulfide) groups is 1. The molecule has 0 aromatic carbocycles. The fourth-order valence-corrected chi connectivity index (χ4v) is 2.44. The molecule has 1 heterocycles. The summed E-state index contributed by atoms with van der Waals surface area (Å²) in [7, 11) is 0. The quantitative estimate of drug-likeness (QED) is 0.829. The first-order valence-electron chi connectivity index (χ1n) is 5.44. The third kappa shape index (κ3) is 2.73. The zero-order chi connectivity index (χ0) is 10.7. The topological polar surface area (TPSA) is 24.9 Å². The van der Waals surface area contributed by atoms with Crippen LogP contribution in [0.25, 0.3) is 0 Å². The summed E-state index contributed by atoms with van der Waals surface area (Å²) in [5, 5.41) is 3.60. The molecule has 15 heavy (non-hydrogen) atoms. The van der Waals surface area contributed by atoms with Gasteiger partial charge >= 0.3 is 0 Å². The molecule has 2 nitrogen and oxygen atoms in total. The fraction of sp³-hybridized carbons (Fsp3) is 0.583. The summed E-state index contributed by atoms with van der Waals surface area (Å²) >= 11 is 2.00. The van der Waals surface area contributed by atoms with Crippen molar-refractivity contribution in [3.05, 3.63) is 30.1 Å². The summed E-state index contributed by atoms with van der Waals surface area (Å²) in [5.74, 6) is 0. The van der Waals surface area contributed by atoms with Crippen LogP contribution in [0.3, 0.4) is 0 Å². The Bertz CT molecular complexity index is 309. The maximum Gasteiger partial charge on any atom is 0.0293 e. The van der Waals surface area contributed by atoms with Gasteiger partial charge in [0.2, 0.25) is 0 Å². The van der Waals surface area contributed by atoms with E-state index < -0.39 is 0 Å². The molecule has 0 spiro atoms. The SMILES string of the molecule is CSC1(CNC(C)c2ccncc2)CC1. The molecule has 1 saturated carbocycles. The number of pyridine rings is 1. The van der Waals surface area contributed by atoms with Gasteiger partial charge in [0.15, 0.2) is 0 Å². The van der Waals surface area contributed by atoms with E-state index in [1.165, 1.54) is 18.4 Å². The van der Waals surface area contributed by atoms with Gasteiger partial charge in [-0.1, -0.05) is 0 Å². The van der Waals surface area contributed by atoms with Gasteiger partial charge in [-0.25, -0.2) is 0 Å². The molecular weight excluding hydrogens is 204 g/mol. The summed E-state index contributed by atoms with van der Waals surface area (Å²) in [5.41, 5.74) is 1.32. The van der Waals surface area contributed by atoms with Crippen LogP contribution in [-0.2, 0) is 0 Å². The van der Waals surface area contributed by atoms with Crippen molar-refractivity contribution < 1.29 is 0 Å². The van der Waals surface area contributed by atoms with E-state index in [0.29, 0.717) is 10.8 Å². The summed E-state index contributed by atoms with van der Waals surface area (Å²) < 4.78 is 0.543. The number of hydrogen-bond acceptors (Lipinski definition) is 3. The lowest BCUT2D eigenvalue weighted by Crippen LogP contribution is -2.28. The second kappa shape index (κ2) is 4.54. The van der Waals surface area contributed by atoms with Crippen molar-refractivity contribution in [2.45, 2.75) is 30.6 Å². The molecule has 1 fully saturated rings. The molecule has 1 aliphatic rings. The Balaban J connectivity index is 1.85. The summed E-state index contributed by atoms with van der Waals surface area (Å²) in [6.07, 6.45) is 8.66. The Kier molecular flexibility index (Phi) is 3.32. The summed E-state index contributed by atoms with van der Waals surface area (Å²) in [4.78, 5) is 4.03. The predicted octanol–water partition coefficient (Wildman–Crippen LogP) is 2.63. The maximum atomic E-state index is 4.03. The normalized spacial score (nSPS) is 19.9. The summed E-state index contributed by atoms with van der Waals surface area (Å²) in [6.45, 7) is 3.34. The van der Waals surface area contributed by atoms with Gasteiger partial charge in [-0.3, -0.25) is 4.98 Å². The summed E-state index contributed by atoms with van der Waals surface area (Å²) in [6, 6.07) is 4.59. The Hall–Kier alpha value is -0.540. The molecule has 1 unspecified atom stereocenters. The lowest BCUT2D eigenvalue weighted by molar-refractivity contribution is 0.563. The zero-order valence-corrected chi connectivity index (χ0v) is 10.2. The standard InChI is InChI=1S/C12H18N2S/c1-10(11-3-7-13-8-4-11)14-9-12(15-2)5-6-12/h3-4,7-8,10,14H,5-6,9H2,1-2H3. The predicted molar refractivity (Wildman–Crippen MR) is 66.1 cm³/mol. The van der Waals surface area contributed by atoms with E-state index in [-0.39, 0.29) is 0 Å². The van der Waals surface area contributed by atoms with Gasteiger partial charge in [0.1, 0.15) is 0 Å². The van der Waals surface area contributed by atoms with Crippen molar-refractivity contribution >= 4 is 11.8 Å². The Morgan fingerprint density at radius 3 is 2.67 bits per heavy atom. The third-order valence-corrected chi connectivity index (χ3v) is 4.60. The van der Waals surface area contributed by atoms with Gasteiger partial charge in [-0.05, 0) is 43.7 Å². The second-order valence-electron chi connectivity index (χ2n) is 4.27. The number of rotatable bonds is 5. The molecule has 1 aliphatic carbocycles. The van der Waals surface area contributed by atoms with Crippen LogP contribution >= 0.6 is 11.8 Å². The smallest absolute Gasteiger partial charge is 0.0293 e. The van der Waals surface area contributed by atoms with E-state index >= 15 is 0 Å². The lowest BCUT2D eigenvalue weighted by atomic mass is 10.1. The molecule has 1 N–H and O–H groups in total. The van der Waals surface area contributed by atoms with Gasteiger partial charge in [0, 0.05) is 29.7 Å². The van der Waals surface area contributed by atoms with Gasteiger partial charge < -0.3 is 5.32 Å². The van der Waals surface area contributed by atoms with Crippen LogP contribution in [0.1, 0.15) is 31.4 Å². The van der Waals surface area contributed by atoms with Crippen LogP contribution in [-0.4, -0.2) is 22.5 Å². The minimum atomic E-state index is 0.428. The van der Waals surface area contributed by atoms with E-state index in [4.69, 9.17) is 0 Å². The van der Waals surface area contributed by atoms with Crippen LogP contribution in [0.15, 0.2) is 24.5 Å². The van der Waals surface area contributed by atoms with Gasteiger partial charge in [0.25, 0.3) is 0 Å². The highest BCUT2D eigenvalue weighted by Gasteiger charge is 2.41. The number of nitrogens with zero attached hydrogens (tertiary/aromatic N) is 1. The van der Waals surface area contributed by atoms with Gasteiger partial charge in [-0.2, -0.15) is 11.8 Å². The van der Waals surface area contributed by atoms with E-state index in [1.54, 1.807) is 0 Å². The van der Waals surface area contributed by atoms with E-state index in [0.717, 1.165) is 6.54 Å². The first-order valence-corrected chi connectivity index (χ1v) is 6.67. The van der Waals surface area contributed by atoms with Crippen LogP contribution in [0.4, 0.5) is 0 Å². The van der Waals surface area contributed by atoms with E-state index in [2.05, 4.69) is 35.6 Å². The third-order valence-electron chi connectivity index (χ3n) is 3.18. The Morgan fingerprint density at radius 1 is 1.47 bits per heavy atom. The molecule has 0 aliphatic heterocycles. The highest BCUT2D eigenvalue weighted by Crippen LogP contribution is 2.46. The minimum absolute atomic E-state index is 0.428. The van der Waals surface area contributed by atoms with Crippen molar-refractivity contribution in [2.75, 3.05) is 12.8 Å². The first kappa shape index (κ1) is 11.0. The number of hydrogen-bond donors (Lipinski definition) is 1. The Labute approximate surface area is 95.9 Å². The molecule has 0 bridgehead atoms. The molecule has 1 atom stereocenters. The number of aromatic nitrogens is 1. The second-order valence-corrected chi connectivity index (χ2v) is 5.54. The average Bonchev–Trinajstić information content (AvgIpc) is 3.08. The van der Waals surface area contributed by atoms with Gasteiger partial charge in [0.05, 0.1) is 0 Å². The van der Waals surface area contributed by atoms with Crippen molar-refractivity contribution in [2.24, 2.45) is 0 Å². The van der Waals surface area contributed by atoms with Crippen LogP contribution < -0.4 is 5.32 Å². The van der Waals surface area contributed by atoms with Gasteiger partial charge in [-0.15, -0.1) is 0 Å². The molecule has 0 saturated heterocycles. The minimum Gasteiger partial charge on any atom is -0.309 e. The largest absolute Gasteiger partial charge is 0.309 e. The fourth-order valence-electron chi connectivity index (χ4n) is 1.70. The molecule has 1 aromatic heterocycles. The van der Waals surface area contributed by atoms with Crippen LogP contribution in [0.5, 0.6) is 0 Å². The molecule has 0 amide bonds. The van der Waals surface area contributed by atoms with Crippen LogP contribution in [0.2, 0.25) is 0 Å². The van der Waals surface area contributed by atoms with Crippen molar-refractivity contribution in [3.8, 4) is 0 Å². The van der Waals surface area contributed by atoms with E-state index in [9.17, 15) is 0 Å². The first-order chi connectivity index (χ1) is 7.26. The zero-order valence-electron chi connectivity index (χ0n) is 9.36. The van der Waals surface area contributed by atoms with Crippen LogP contribution in [0, 0.1) is 0 Å². The average molecular weight is 222 g/mol. The van der Waals surface area contributed by atoms with Crippen molar-refractivity contribution in [1.29, 1.82) is 0 Å². The Morgan fingerprint density at radius 2 is 2.13 bits per heavy atom. The molecule has 82 valence electrons. The highest BCUT2D eigenvalue weighted by molar-refractivity contribution is 8.00. The molecular formula is C12H18N2S. The van der Waals surface area contributed by atoms with E-state index in [1.807, 2.05) is 24.2 Å². The molecule has 3 heteroatoms. The maximum absolute atomic E-state index is 4.03. The molecule has 0 radical (unpaired) electrons. The molecule has 2 rings (SSSR count). The van der Waals surface area contributed by atoms with Crippen molar-refractivity contribution in [3.63, 3.8) is 0 Å². The molecule has 1 aromatic rings.